The molecule has 18 heavy (non-hydrogen) atoms. The zero-order valence-corrected chi connectivity index (χ0v) is 9.02. The summed E-state index contributed by atoms with van der Waals surface area (Å²) in [5.41, 5.74) is 0. The molecule has 0 aliphatic carbocycles. The molecule has 1 N–H and O–H groups in total. The van der Waals surface area contributed by atoms with Crippen LogP contribution in [0.5, 0.6) is 0 Å². The van der Waals surface area contributed by atoms with Gasteiger partial charge in [-0.15, -0.1) is 0 Å². The van der Waals surface area contributed by atoms with E-state index in [0.29, 0.717) is 0 Å². The van der Waals surface area contributed by atoms with Crippen LogP contribution >= 0.6 is 0 Å². The molecule has 106 valence electrons. The number of carbonyl (C=O) groups excluding carboxylic acids is 1. The van der Waals surface area contributed by atoms with Crippen molar-refractivity contribution in [1.29, 1.82) is 0 Å². The van der Waals surface area contributed by atoms with Gasteiger partial charge in [-0.1, -0.05) is 0 Å². The molecule has 1 heterocycles. The zero-order chi connectivity index (χ0) is 14.4. The van der Waals surface area contributed by atoms with Gasteiger partial charge in [0.2, 0.25) is 0 Å². The fourth-order valence-electron chi connectivity index (χ4n) is 0.881. The van der Waals surface area contributed by atoms with Gasteiger partial charge in [0.05, 0.1) is 0 Å². The summed E-state index contributed by atoms with van der Waals surface area (Å²) in [4.78, 5) is 10.8. The number of halogens is 5. The first-order chi connectivity index (χ1) is 7.87. The van der Waals surface area contributed by atoms with Crippen LogP contribution in [0.4, 0.5) is 22.0 Å². The highest BCUT2D eigenvalue weighted by Crippen LogP contribution is 2.38. The minimum Gasteiger partial charge on any atom is -0.743 e. The number of alkyl halides is 5. The maximum absolute atomic E-state index is 12.8. The lowest BCUT2D eigenvalue weighted by atomic mass is 10.3. The summed E-state index contributed by atoms with van der Waals surface area (Å²) in [5.74, 6) is -1.71. The average Bonchev–Trinajstić information content (AvgIpc) is 2.92. The van der Waals surface area contributed by atoms with Crippen molar-refractivity contribution in [3.05, 3.63) is 0 Å². The first kappa shape index (κ1) is 15.0. The molecular weight excluding hydrogens is 293 g/mol. The van der Waals surface area contributed by atoms with Gasteiger partial charge in [0.15, 0.2) is 10.1 Å². The number of carbonyl (C=O) groups is 1. The Balaban J connectivity index is 3.02. The second-order valence-corrected chi connectivity index (χ2v) is 4.79. The first-order valence-corrected chi connectivity index (χ1v) is 5.62. The third-order valence-corrected chi connectivity index (χ3v) is 2.74. The van der Waals surface area contributed by atoms with Crippen molar-refractivity contribution in [2.75, 3.05) is 6.54 Å². The van der Waals surface area contributed by atoms with E-state index in [1.165, 1.54) is 0 Å². The Kier molecular flexibility index (Phi) is 3.57. The Labute approximate surface area is 96.8 Å². The Bertz CT molecular complexity index is 442. The van der Waals surface area contributed by atoms with E-state index in [1.807, 2.05) is 0 Å². The molecular formula is C6H5F5NO5S-. The van der Waals surface area contributed by atoms with Crippen LogP contribution in [0.2, 0.25) is 0 Å². The number of hydrogen-bond acceptors (Lipinski definition) is 6. The predicted molar refractivity (Wildman–Crippen MR) is 42.4 cm³/mol. The Morgan fingerprint density at radius 3 is 2.06 bits per heavy atom. The van der Waals surface area contributed by atoms with E-state index in [1.54, 1.807) is 0 Å². The third kappa shape index (κ3) is 3.05. The molecule has 0 aromatic carbocycles. The van der Waals surface area contributed by atoms with E-state index in [2.05, 4.69) is 10.1 Å². The van der Waals surface area contributed by atoms with Gasteiger partial charge in [0, 0.05) is 6.54 Å². The molecule has 1 fully saturated rings. The number of hydrogen-bond donors (Lipinski definition) is 1. The molecule has 6 nitrogen and oxygen atoms in total. The van der Waals surface area contributed by atoms with Gasteiger partial charge in [-0.25, -0.2) is 8.42 Å². The summed E-state index contributed by atoms with van der Waals surface area (Å²) in [5, 5.41) is -3.63. The lowest BCUT2D eigenvalue weighted by Gasteiger charge is -2.29. The lowest BCUT2D eigenvalue weighted by molar-refractivity contribution is -0.259. The van der Waals surface area contributed by atoms with Crippen LogP contribution in [0.3, 0.4) is 0 Å². The minimum atomic E-state index is -6.64. The number of rotatable bonds is 4. The Morgan fingerprint density at radius 1 is 1.33 bits per heavy atom. The van der Waals surface area contributed by atoms with E-state index in [0.717, 1.165) is 0 Å². The molecule has 2 atom stereocenters. The van der Waals surface area contributed by atoms with Crippen LogP contribution < -0.4 is 5.32 Å². The zero-order valence-electron chi connectivity index (χ0n) is 8.20. The number of esters is 1. The van der Waals surface area contributed by atoms with Crippen LogP contribution in [0.15, 0.2) is 0 Å². The average molecular weight is 298 g/mol. The van der Waals surface area contributed by atoms with Crippen molar-refractivity contribution in [3.8, 4) is 0 Å². The summed E-state index contributed by atoms with van der Waals surface area (Å²) in [6, 6.07) is -1.21. The standard InChI is InChI=1S/C6H6F5NO5S/c7-5(8,9)4(6(10,11)18(14,15)16)17-3(13)2-1-12-2/h2,4,12H,1H2,(H,14,15,16)/p-1. The highest BCUT2D eigenvalue weighted by Gasteiger charge is 2.63. The molecule has 0 spiro atoms. The summed E-state index contributed by atoms with van der Waals surface area (Å²) in [7, 11) is -6.64. The number of ether oxygens (including phenoxy) is 1. The molecule has 2 unspecified atom stereocenters. The van der Waals surface area contributed by atoms with Crippen LogP contribution in [-0.4, -0.2) is 49.1 Å². The van der Waals surface area contributed by atoms with Crippen molar-refractivity contribution in [3.63, 3.8) is 0 Å². The second kappa shape index (κ2) is 4.28. The Morgan fingerprint density at radius 2 is 1.78 bits per heavy atom. The normalized spacial score (nSPS) is 22.4. The van der Waals surface area contributed by atoms with Crippen molar-refractivity contribution in [2.24, 2.45) is 0 Å². The number of nitrogens with one attached hydrogen (secondary N) is 1. The second-order valence-electron chi connectivity index (χ2n) is 3.34. The SMILES string of the molecule is O=C(OC(C(F)(F)F)C(F)(F)S(=O)(=O)[O-])C1CN1. The fourth-order valence-corrected chi connectivity index (χ4v) is 1.32. The maximum Gasteiger partial charge on any atom is 0.432 e. The first-order valence-electron chi connectivity index (χ1n) is 4.21. The molecule has 0 amide bonds. The fraction of sp³-hybridized carbons (Fsp3) is 0.833. The van der Waals surface area contributed by atoms with Gasteiger partial charge in [-0.2, -0.15) is 22.0 Å². The van der Waals surface area contributed by atoms with E-state index >= 15 is 0 Å². The largest absolute Gasteiger partial charge is 0.743 e. The molecule has 1 rings (SSSR count). The van der Waals surface area contributed by atoms with Crippen LogP contribution in [-0.2, 0) is 19.6 Å². The van der Waals surface area contributed by atoms with Gasteiger partial charge < -0.3 is 14.6 Å². The molecule has 0 aromatic rings. The van der Waals surface area contributed by atoms with Crippen molar-refractivity contribution >= 4 is 16.1 Å². The molecule has 12 heteroatoms. The van der Waals surface area contributed by atoms with Crippen molar-refractivity contribution < 1.29 is 44.5 Å². The molecule has 0 radical (unpaired) electrons. The van der Waals surface area contributed by atoms with E-state index in [4.69, 9.17) is 0 Å². The summed E-state index contributed by atoms with van der Waals surface area (Å²) < 4.78 is 95.9. The van der Waals surface area contributed by atoms with Gasteiger partial charge in [0.1, 0.15) is 6.04 Å². The van der Waals surface area contributed by atoms with Crippen LogP contribution in [0.1, 0.15) is 0 Å². The van der Waals surface area contributed by atoms with E-state index in [-0.39, 0.29) is 6.54 Å². The van der Waals surface area contributed by atoms with Gasteiger partial charge >= 0.3 is 17.4 Å². The summed E-state index contributed by atoms with van der Waals surface area (Å²) in [6.45, 7) is -0.0842. The quantitative estimate of drug-likeness (QED) is 0.327. The molecule has 0 saturated carbocycles. The third-order valence-electron chi connectivity index (χ3n) is 1.86. The van der Waals surface area contributed by atoms with E-state index < -0.39 is 39.7 Å². The van der Waals surface area contributed by atoms with Gasteiger partial charge in [0.25, 0.3) is 6.10 Å². The summed E-state index contributed by atoms with van der Waals surface area (Å²) >= 11 is 0. The molecule has 0 aromatic heterocycles. The minimum absolute atomic E-state index is 0.0842. The topological polar surface area (TPSA) is 105 Å². The lowest BCUT2D eigenvalue weighted by Crippen LogP contribution is -2.52. The molecule has 1 aliphatic heterocycles. The maximum atomic E-state index is 12.8. The molecule has 1 aliphatic rings. The highest BCUT2D eigenvalue weighted by molar-refractivity contribution is 7.86. The van der Waals surface area contributed by atoms with Crippen LogP contribution in [0.25, 0.3) is 0 Å². The van der Waals surface area contributed by atoms with Crippen molar-refractivity contribution in [2.45, 2.75) is 23.6 Å². The van der Waals surface area contributed by atoms with Gasteiger partial charge in [-0.3, -0.25) is 4.79 Å². The van der Waals surface area contributed by atoms with Gasteiger partial charge in [-0.05, 0) is 0 Å². The molecule has 0 bridgehead atoms. The highest BCUT2D eigenvalue weighted by atomic mass is 32.2. The Hall–Kier alpha value is -1.01. The monoisotopic (exact) mass is 298 g/mol. The summed E-state index contributed by atoms with van der Waals surface area (Å²) in [6.07, 6.45) is -10.2. The predicted octanol–water partition coefficient (Wildman–Crippen LogP) is -0.430. The van der Waals surface area contributed by atoms with E-state index in [9.17, 15) is 39.7 Å². The molecule has 1 saturated heterocycles. The smallest absolute Gasteiger partial charge is 0.432 e. The van der Waals surface area contributed by atoms with Crippen LogP contribution in [0, 0.1) is 0 Å². The van der Waals surface area contributed by atoms with Crippen molar-refractivity contribution in [1.82, 2.24) is 5.32 Å².